The molecule has 2 aliphatic rings. The SMILES string of the molecule is N=C(N)C1CCN(C(=O)NC2CCCCC2)CC1. The number of urea groups is 1. The molecule has 1 aliphatic heterocycles. The predicted octanol–water partition coefficient (Wildman–Crippen LogP) is 1.68. The molecule has 4 N–H and O–H groups in total. The van der Waals surface area contributed by atoms with Crippen LogP contribution in [0.1, 0.15) is 44.9 Å². The standard InChI is InChI=1S/C13H24N4O/c14-12(15)10-6-8-17(9-7-10)13(18)16-11-4-2-1-3-5-11/h10-11H,1-9H2,(H3,14,15)(H,16,18). The summed E-state index contributed by atoms with van der Waals surface area (Å²) in [7, 11) is 0. The van der Waals surface area contributed by atoms with Gasteiger partial charge in [-0.25, -0.2) is 4.79 Å². The van der Waals surface area contributed by atoms with Crippen LogP contribution >= 0.6 is 0 Å². The number of piperidine rings is 1. The fourth-order valence-corrected chi connectivity index (χ4v) is 2.91. The van der Waals surface area contributed by atoms with Gasteiger partial charge >= 0.3 is 6.03 Å². The monoisotopic (exact) mass is 252 g/mol. The van der Waals surface area contributed by atoms with Gasteiger partial charge in [-0.1, -0.05) is 19.3 Å². The Morgan fingerprint density at radius 1 is 1.11 bits per heavy atom. The maximum atomic E-state index is 12.1. The molecule has 0 aromatic heterocycles. The molecule has 2 amide bonds. The molecule has 102 valence electrons. The minimum atomic E-state index is 0.0731. The zero-order valence-corrected chi connectivity index (χ0v) is 11.0. The second kappa shape index (κ2) is 6.07. The van der Waals surface area contributed by atoms with Crippen molar-refractivity contribution in [1.82, 2.24) is 10.2 Å². The molecule has 1 aliphatic carbocycles. The van der Waals surface area contributed by atoms with Crippen molar-refractivity contribution in [1.29, 1.82) is 5.41 Å². The van der Waals surface area contributed by atoms with Crippen LogP contribution in [-0.2, 0) is 0 Å². The Hall–Kier alpha value is -1.26. The third-order valence-electron chi connectivity index (χ3n) is 4.15. The van der Waals surface area contributed by atoms with Crippen LogP contribution in [0.2, 0.25) is 0 Å². The van der Waals surface area contributed by atoms with E-state index in [1.807, 2.05) is 4.90 Å². The van der Waals surface area contributed by atoms with Crippen molar-refractivity contribution in [2.45, 2.75) is 51.0 Å². The van der Waals surface area contributed by atoms with E-state index in [9.17, 15) is 4.79 Å². The van der Waals surface area contributed by atoms with Crippen LogP contribution in [0.5, 0.6) is 0 Å². The van der Waals surface area contributed by atoms with Crippen molar-refractivity contribution < 1.29 is 4.79 Å². The summed E-state index contributed by atoms with van der Waals surface area (Å²) in [6, 6.07) is 0.445. The molecule has 0 atom stereocenters. The molecule has 0 aromatic rings. The van der Waals surface area contributed by atoms with E-state index in [0.29, 0.717) is 6.04 Å². The van der Waals surface area contributed by atoms with Gasteiger partial charge in [-0.3, -0.25) is 5.41 Å². The topological polar surface area (TPSA) is 82.2 Å². The highest BCUT2D eigenvalue weighted by atomic mass is 16.2. The summed E-state index contributed by atoms with van der Waals surface area (Å²) < 4.78 is 0. The minimum Gasteiger partial charge on any atom is -0.387 e. The summed E-state index contributed by atoms with van der Waals surface area (Å²) in [5, 5.41) is 10.6. The van der Waals surface area contributed by atoms with Gasteiger partial charge in [-0.05, 0) is 25.7 Å². The van der Waals surface area contributed by atoms with E-state index in [-0.39, 0.29) is 17.8 Å². The third kappa shape index (κ3) is 3.37. The van der Waals surface area contributed by atoms with Crippen molar-refractivity contribution in [3.8, 4) is 0 Å². The van der Waals surface area contributed by atoms with Gasteiger partial charge in [0, 0.05) is 25.0 Å². The van der Waals surface area contributed by atoms with E-state index in [0.717, 1.165) is 38.8 Å². The van der Waals surface area contributed by atoms with Gasteiger partial charge in [0.1, 0.15) is 0 Å². The van der Waals surface area contributed by atoms with Gasteiger partial charge in [0.15, 0.2) is 0 Å². The van der Waals surface area contributed by atoms with Crippen LogP contribution in [0.3, 0.4) is 0 Å². The third-order valence-corrected chi connectivity index (χ3v) is 4.15. The Kier molecular flexibility index (Phi) is 4.44. The Balaban J connectivity index is 1.75. The summed E-state index contributed by atoms with van der Waals surface area (Å²) >= 11 is 0. The average Bonchev–Trinajstić information content (AvgIpc) is 2.40. The minimum absolute atomic E-state index is 0.0731. The fraction of sp³-hybridized carbons (Fsp3) is 0.846. The zero-order chi connectivity index (χ0) is 13.0. The van der Waals surface area contributed by atoms with Gasteiger partial charge in [0.2, 0.25) is 0 Å². The van der Waals surface area contributed by atoms with Crippen molar-refractivity contribution in [2.24, 2.45) is 11.7 Å². The van der Waals surface area contributed by atoms with E-state index >= 15 is 0 Å². The van der Waals surface area contributed by atoms with Crippen LogP contribution in [0.15, 0.2) is 0 Å². The van der Waals surface area contributed by atoms with Gasteiger partial charge in [0.25, 0.3) is 0 Å². The summed E-state index contributed by atoms with van der Waals surface area (Å²) in [5.74, 6) is 0.436. The van der Waals surface area contributed by atoms with Gasteiger partial charge in [0.05, 0.1) is 5.84 Å². The highest BCUT2D eigenvalue weighted by molar-refractivity contribution is 5.80. The summed E-state index contributed by atoms with van der Waals surface area (Å²) in [6.07, 6.45) is 7.66. The van der Waals surface area contributed by atoms with Crippen molar-refractivity contribution in [3.63, 3.8) is 0 Å². The molecular weight excluding hydrogens is 228 g/mol. The van der Waals surface area contributed by atoms with E-state index in [1.54, 1.807) is 0 Å². The van der Waals surface area contributed by atoms with Crippen LogP contribution < -0.4 is 11.1 Å². The number of nitrogens with one attached hydrogen (secondary N) is 2. The first-order valence-corrected chi connectivity index (χ1v) is 7.06. The van der Waals surface area contributed by atoms with E-state index in [4.69, 9.17) is 11.1 Å². The normalized spacial score (nSPS) is 22.8. The highest BCUT2D eigenvalue weighted by Crippen LogP contribution is 2.19. The zero-order valence-electron chi connectivity index (χ0n) is 11.0. The lowest BCUT2D eigenvalue weighted by Gasteiger charge is -2.33. The largest absolute Gasteiger partial charge is 0.387 e. The van der Waals surface area contributed by atoms with E-state index in [1.165, 1.54) is 19.3 Å². The highest BCUT2D eigenvalue weighted by Gasteiger charge is 2.25. The first-order chi connectivity index (χ1) is 8.66. The maximum Gasteiger partial charge on any atom is 0.317 e. The first-order valence-electron chi connectivity index (χ1n) is 7.06. The Labute approximate surface area is 109 Å². The summed E-state index contributed by atoms with van der Waals surface area (Å²) in [4.78, 5) is 13.9. The lowest BCUT2D eigenvalue weighted by molar-refractivity contribution is 0.173. The lowest BCUT2D eigenvalue weighted by atomic mass is 9.95. The molecule has 0 unspecified atom stereocenters. The van der Waals surface area contributed by atoms with E-state index in [2.05, 4.69) is 5.32 Å². The van der Waals surface area contributed by atoms with Crippen LogP contribution in [-0.4, -0.2) is 35.9 Å². The van der Waals surface area contributed by atoms with Gasteiger partial charge < -0.3 is 16.0 Å². The van der Waals surface area contributed by atoms with E-state index < -0.39 is 0 Å². The van der Waals surface area contributed by atoms with Crippen molar-refractivity contribution in [2.75, 3.05) is 13.1 Å². The van der Waals surface area contributed by atoms with Crippen LogP contribution in [0.4, 0.5) is 4.79 Å². The molecule has 18 heavy (non-hydrogen) atoms. The Morgan fingerprint density at radius 2 is 1.72 bits per heavy atom. The molecule has 0 spiro atoms. The first kappa shape index (κ1) is 13.2. The Morgan fingerprint density at radius 3 is 2.28 bits per heavy atom. The van der Waals surface area contributed by atoms with Crippen LogP contribution in [0, 0.1) is 11.3 Å². The second-order valence-electron chi connectivity index (χ2n) is 5.50. The number of nitrogens with zero attached hydrogens (tertiary/aromatic N) is 1. The lowest BCUT2D eigenvalue weighted by Crippen LogP contribution is -2.49. The summed E-state index contributed by atoms with van der Waals surface area (Å²) in [6.45, 7) is 1.45. The number of amides is 2. The molecule has 0 aromatic carbocycles. The van der Waals surface area contributed by atoms with Crippen molar-refractivity contribution >= 4 is 11.9 Å². The quantitative estimate of drug-likeness (QED) is 0.516. The fourth-order valence-electron chi connectivity index (χ4n) is 2.91. The molecular formula is C13H24N4O. The molecule has 5 nitrogen and oxygen atoms in total. The number of hydrogen-bond acceptors (Lipinski definition) is 2. The molecule has 1 heterocycles. The molecule has 1 saturated carbocycles. The number of hydrogen-bond donors (Lipinski definition) is 3. The Bertz CT molecular complexity index is 304. The average molecular weight is 252 g/mol. The second-order valence-corrected chi connectivity index (χ2v) is 5.50. The number of rotatable bonds is 2. The molecule has 1 saturated heterocycles. The molecule has 5 heteroatoms. The summed E-state index contributed by atoms with van der Waals surface area (Å²) in [5.41, 5.74) is 5.50. The van der Waals surface area contributed by atoms with Crippen molar-refractivity contribution in [3.05, 3.63) is 0 Å². The molecule has 2 fully saturated rings. The molecule has 2 rings (SSSR count). The van der Waals surface area contributed by atoms with Gasteiger partial charge in [-0.15, -0.1) is 0 Å². The maximum absolute atomic E-state index is 12.1. The molecule has 0 bridgehead atoms. The van der Waals surface area contributed by atoms with Crippen LogP contribution in [0.25, 0.3) is 0 Å². The number of carbonyl (C=O) groups excluding carboxylic acids is 1. The number of amidine groups is 1. The van der Waals surface area contributed by atoms with Gasteiger partial charge in [-0.2, -0.15) is 0 Å². The molecule has 0 radical (unpaired) electrons. The predicted molar refractivity (Wildman–Crippen MR) is 71.6 cm³/mol. The smallest absolute Gasteiger partial charge is 0.317 e. The number of nitrogens with two attached hydrogens (primary N) is 1. The number of carbonyl (C=O) groups is 1. The number of likely N-dealkylation sites (tertiary alicyclic amines) is 1.